The van der Waals surface area contributed by atoms with E-state index in [1.165, 1.54) is 4.98 Å². The Hall–Kier alpha value is -1.55. The predicted molar refractivity (Wildman–Crippen MR) is 51.7 cm³/mol. The van der Waals surface area contributed by atoms with Gasteiger partial charge in [-0.25, -0.2) is 17.2 Å². The van der Waals surface area contributed by atoms with Crippen molar-refractivity contribution in [1.29, 1.82) is 0 Å². The van der Waals surface area contributed by atoms with E-state index in [4.69, 9.17) is 10.7 Å². The number of nitro groups is 1. The van der Waals surface area contributed by atoms with Crippen molar-refractivity contribution < 1.29 is 22.1 Å². The van der Waals surface area contributed by atoms with Gasteiger partial charge in [-0.05, 0) is 0 Å². The summed E-state index contributed by atoms with van der Waals surface area (Å²) in [4.78, 5) is 20.4. The third-order valence-corrected chi connectivity index (χ3v) is 3.05. The molecule has 0 unspecified atom stereocenters. The maximum absolute atomic E-state index is 12.4. The maximum Gasteiger partial charge on any atom is 0.335 e. The molecular formula is C6H3ClF2N2O5S. The maximum atomic E-state index is 12.4. The second kappa shape index (κ2) is 4.37. The smallest absolute Gasteiger partial charge is 0.314 e. The highest BCUT2D eigenvalue weighted by atomic mass is 35.7. The van der Waals surface area contributed by atoms with Crippen LogP contribution in [0.3, 0.4) is 0 Å². The van der Waals surface area contributed by atoms with E-state index in [1.54, 1.807) is 0 Å². The average Bonchev–Trinajstić information content (AvgIpc) is 2.14. The summed E-state index contributed by atoms with van der Waals surface area (Å²) < 4.78 is 46.7. The molecule has 7 nitrogen and oxygen atoms in total. The minimum atomic E-state index is -4.63. The Morgan fingerprint density at radius 3 is 2.35 bits per heavy atom. The van der Waals surface area contributed by atoms with Gasteiger partial charge >= 0.3 is 11.2 Å². The summed E-state index contributed by atoms with van der Waals surface area (Å²) in [7, 11) is 0.197. The van der Waals surface area contributed by atoms with E-state index in [0.29, 0.717) is 0 Å². The average molecular weight is 289 g/mol. The molecule has 1 N–H and O–H groups in total. The molecule has 11 heteroatoms. The highest BCUT2D eigenvalue weighted by Gasteiger charge is 2.28. The number of hydrogen-bond donors (Lipinski definition) is 1. The molecule has 0 spiro atoms. The molecule has 0 aliphatic carbocycles. The van der Waals surface area contributed by atoms with Gasteiger partial charge in [-0.1, -0.05) is 0 Å². The lowest BCUT2D eigenvalue weighted by Crippen LogP contribution is -2.17. The number of hydrogen-bond acceptors (Lipinski definition) is 5. The van der Waals surface area contributed by atoms with E-state index in [0.717, 1.165) is 0 Å². The zero-order valence-electron chi connectivity index (χ0n) is 7.69. The highest BCUT2D eigenvalue weighted by molar-refractivity contribution is 8.13. The van der Waals surface area contributed by atoms with Crippen LogP contribution in [0.5, 0.6) is 0 Å². The van der Waals surface area contributed by atoms with Crippen molar-refractivity contribution in [2.75, 3.05) is 0 Å². The number of alkyl halides is 2. The van der Waals surface area contributed by atoms with Gasteiger partial charge in [0.15, 0.2) is 0 Å². The fourth-order valence-corrected chi connectivity index (χ4v) is 2.05. The van der Waals surface area contributed by atoms with Gasteiger partial charge in [-0.15, -0.1) is 0 Å². The minimum Gasteiger partial charge on any atom is -0.314 e. The van der Waals surface area contributed by atoms with E-state index in [-0.39, 0.29) is 6.07 Å². The highest BCUT2D eigenvalue weighted by Crippen LogP contribution is 2.27. The molecule has 94 valence electrons. The predicted octanol–water partition coefficient (Wildman–Crippen LogP) is 1.15. The Morgan fingerprint density at radius 2 is 2.00 bits per heavy atom. The summed E-state index contributed by atoms with van der Waals surface area (Å²) in [6, 6.07) is 0.197. The summed E-state index contributed by atoms with van der Waals surface area (Å²) in [5.74, 6) is 0. The Balaban J connectivity index is 3.72. The van der Waals surface area contributed by atoms with Gasteiger partial charge in [0, 0.05) is 16.7 Å². The number of aromatic amines is 1. The van der Waals surface area contributed by atoms with Gasteiger partial charge in [-0.3, -0.25) is 14.9 Å². The first-order valence-corrected chi connectivity index (χ1v) is 6.10. The molecule has 17 heavy (non-hydrogen) atoms. The lowest BCUT2D eigenvalue weighted by atomic mass is 10.3. The molecule has 0 radical (unpaired) electrons. The number of aromatic nitrogens is 1. The summed E-state index contributed by atoms with van der Waals surface area (Å²) >= 11 is 0. The third-order valence-electron chi connectivity index (χ3n) is 1.69. The standard InChI is InChI=1S/C6H3ClF2N2O5S/c7-17(15,16)3-1-2(11(13)14)6(12)10-4(3)5(8)9/h1,5H,(H,10,12). The number of pyridine rings is 1. The van der Waals surface area contributed by atoms with Crippen LogP contribution in [0.4, 0.5) is 14.5 Å². The Kier molecular flexibility index (Phi) is 3.48. The Morgan fingerprint density at radius 1 is 1.47 bits per heavy atom. The zero-order chi connectivity index (χ0) is 13.4. The molecule has 0 amide bonds. The number of H-pyrrole nitrogens is 1. The number of nitrogens with one attached hydrogen (secondary N) is 1. The fourth-order valence-electron chi connectivity index (χ4n) is 1.01. The lowest BCUT2D eigenvalue weighted by molar-refractivity contribution is -0.386. The van der Waals surface area contributed by atoms with Gasteiger partial charge in [0.2, 0.25) is 0 Å². The summed E-state index contributed by atoms with van der Waals surface area (Å²) in [5, 5.41) is 10.3. The van der Waals surface area contributed by atoms with Gasteiger partial charge in [-0.2, -0.15) is 0 Å². The molecule has 1 heterocycles. The van der Waals surface area contributed by atoms with Gasteiger partial charge in [0.25, 0.3) is 15.5 Å². The molecule has 0 bridgehead atoms. The molecule has 1 aromatic heterocycles. The Bertz CT molecular complexity index is 626. The fraction of sp³-hybridized carbons (Fsp3) is 0.167. The molecule has 0 atom stereocenters. The van der Waals surface area contributed by atoms with Crippen LogP contribution in [0.2, 0.25) is 0 Å². The second-order valence-electron chi connectivity index (χ2n) is 2.76. The van der Waals surface area contributed by atoms with Crippen LogP contribution in [0.25, 0.3) is 0 Å². The van der Waals surface area contributed by atoms with Gasteiger partial charge in [0.1, 0.15) is 10.6 Å². The van der Waals surface area contributed by atoms with Crippen LogP contribution in [0.1, 0.15) is 12.1 Å². The van der Waals surface area contributed by atoms with E-state index in [9.17, 15) is 32.1 Å². The van der Waals surface area contributed by atoms with Crippen LogP contribution in [-0.2, 0) is 9.05 Å². The normalized spacial score (nSPS) is 11.8. The largest absolute Gasteiger partial charge is 0.335 e. The van der Waals surface area contributed by atoms with Crippen molar-refractivity contribution in [2.24, 2.45) is 0 Å². The molecular weight excluding hydrogens is 286 g/mol. The van der Waals surface area contributed by atoms with Crippen LogP contribution >= 0.6 is 10.7 Å². The second-order valence-corrected chi connectivity index (χ2v) is 5.29. The summed E-state index contributed by atoms with van der Waals surface area (Å²) in [5.41, 5.74) is -3.90. The lowest BCUT2D eigenvalue weighted by Gasteiger charge is -2.04. The minimum absolute atomic E-state index is 0.197. The zero-order valence-corrected chi connectivity index (χ0v) is 9.26. The van der Waals surface area contributed by atoms with Crippen LogP contribution in [0, 0.1) is 10.1 Å². The van der Waals surface area contributed by atoms with Gasteiger partial charge < -0.3 is 4.98 Å². The summed E-state index contributed by atoms with van der Waals surface area (Å²) in [6.07, 6.45) is -3.34. The van der Waals surface area contributed by atoms with Crippen molar-refractivity contribution in [3.05, 3.63) is 32.2 Å². The van der Waals surface area contributed by atoms with E-state index in [2.05, 4.69) is 0 Å². The van der Waals surface area contributed by atoms with E-state index < -0.39 is 42.2 Å². The SMILES string of the molecule is O=c1[nH]c(C(F)F)c(S(=O)(=O)Cl)cc1[N+](=O)[O-]. The van der Waals surface area contributed by atoms with Gasteiger partial charge in [0.05, 0.1) is 4.92 Å². The van der Waals surface area contributed by atoms with Crippen molar-refractivity contribution in [2.45, 2.75) is 11.3 Å². The number of halogens is 3. The van der Waals surface area contributed by atoms with E-state index >= 15 is 0 Å². The molecule has 0 saturated carbocycles. The molecule has 1 aromatic rings. The van der Waals surface area contributed by atoms with E-state index in [1.807, 2.05) is 0 Å². The topological polar surface area (TPSA) is 110 Å². The molecule has 0 fully saturated rings. The molecule has 0 aliphatic heterocycles. The van der Waals surface area contributed by atoms with Crippen molar-refractivity contribution >= 4 is 25.4 Å². The first kappa shape index (κ1) is 13.5. The van der Waals surface area contributed by atoms with Crippen molar-refractivity contribution in [3.8, 4) is 0 Å². The molecule has 0 saturated heterocycles. The molecule has 0 aliphatic rings. The Labute approximate surface area is 96.6 Å². The van der Waals surface area contributed by atoms with Crippen LogP contribution in [-0.4, -0.2) is 18.3 Å². The monoisotopic (exact) mass is 288 g/mol. The summed E-state index contributed by atoms with van der Waals surface area (Å²) in [6.45, 7) is 0. The van der Waals surface area contributed by atoms with Crippen molar-refractivity contribution in [3.63, 3.8) is 0 Å². The molecule has 1 rings (SSSR count). The quantitative estimate of drug-likeness (QED) is 0.509. The van der Waals surface area contributed by atoms with Crippen molar-refractivity contribution in [1.82, 2.24) is 4.98 Å². The third kappa shape index (κ3) is 2.77. The first-order valence-electron chi connectivity index (χ1n) is 3.79. The first-order chi connectivity index (χ1) is 7.64. The number of rotatable bonds is 3. The van der Waals surface area contributed by atoms with Crippen LogP contribution < -0.4 is 5.56 Å². The number of nitrogens with zero attached hydrogens (tertiary/aromatic N) is 1. The molecule has 0 aromatic carbocycles. The van der Waals surface area contributed by atoms with Crippen LogP contribution in [0.15, 0.2) is 15.8 Å².